The van der Waals surface area contributed by atoms with Gasteiger partial charge >= 0.3 is 0 Å². The number of nitrogens with zero attached hydrogens (tertiary/aromatic N) is 1. The van der Waals surface area contributed by atoms with Crippen LogP contribution in [-0.4, -0.2) is 36.9 Å². The fourth-order valence-electron chi connectivity index (χ4n) is 1.37. The summed E-state index contributed by atoms with van der Waals surface area (Å²) in [4.78, 5) is 27.5. The van der Waals surface area contributed by atoms with Gasteiger partial charge in [-0.25, -0.2) is 4.98 Å². The Morgan fingerprint density at radius 1 is 1.30 bits per heavy atom. The molecule has 0 saturated carbocycles. The average Bonchev–Trinajstić information content (AvgIpc) is 2.43. The third-order valence-corrected chi connectivity index (χ3v) is 2.74. The van der Waals surface area contributed by atoms with Crippen LogP contribution in [0.1, 0.15) is 24.3 Å². The number of aromatic nitrogens is 1. The monoisotopic (exact) mass is 298 g/mol. The number of anilines is 1. The maximum Gasteiger partial charge on any atom is 0.271 e. The van der Waals surface area contributed by atoms with E-state index in [-0.39, 0.29) is 23.2 Å². The molecule has 0 fully saturated rings. The smallest absolute Gasteiger partial charge is 0.271 e. The molecule has 110 valence electrons. The summed E-state index contributed by atoms with van der Waals surface area (Å²) < 4.78 is 0. The van der Waals surface area contributed by atoms with E-state index in [1.807, 2.05) is 13.8 Å². The average molecular weight is 299 g/mol. The summed E-state index contributed by atoms with van der Waals surface area (Å²) in [5.41, 5.74) is 0.0928. The Labute approximate surface area is 123 Å². The highest BCUT2D eigenvalue weighted by molar-refractivity contribution is 6.33. The van der Waals surface area contributed by atoms with Crippen molar-refractivity contribution in [1.82, 2.24) is 15.6 Å². The standard InChI is InChI=1S/C13H19ClN4O2/c1-8(2)6-16-11(19)7-17-13(20)12-9(14)4-5-10(15-3)18-12/h4-5,8H,6-7H2,1-3H3,(H,15,18)(H,16,19)(H,17,20). The first kappa shape index (κ1) is 16.2. The van der Waals surface area contributed by atoms with E-state index in [1.54, 1.807) is 19.2 Å². The van der Waals surface area contributed by atoms with Gasteiger partial charge in [-0.3, -0.25) is 9.59 Å². The summed E-state index contributed by atoms with van der Waals surface area (Å²) in [6.07, 6.45) is 0. The number of rotatable bonds is 6. The SMILES string of the molecule is CNc1ccc(Cl)c(C(=O)NCC(=O)NCC(C)C)n1. The third kappa shape index (κ3) is 5.05. The minimum absolute atomic E-state index is 0.0928. The fourth-order valence-corrected chi connectivity index (χ4v) is 1.56. The van der Waals surface area contributed by atoms with Crippen LogP contribution in [-0.2, 0) is 4.79 Å². The summed E-state index contributed by atoms with van der Waals surface area (Å²) in [7, 11) is 1.69. The normalized spacial score (nSPS) is 10.2. The van der Waals surface area contributed by atoms with Crippen LogP contribution in [0.4, 0.5) is 5.82 Å². The molecule has 0 saturated heterocycles. The lowest BCUT2D eigenvalue weighted by Gasteiger charge is -2.09. The first-order chi connectivity index (χ1) is 9.43. The number of hydrogen-bond donors (Lipinski definition) is 3. The summed E-state index contributed by atoms with van der Waals surface area (Å²) in [6.45, 7) is 4.45. The number of halogens is 1. The molecule has 2 amide bonds. The van der Waals surface area contributed by atoms with Crippen LogP contribution < -0.4 is 16.0 Å². The fraction of sp³-hybridized carbons (Fsp3) is 0.462. The lowest BCUT2D eigenvalue weighted by atomic mass is 10.2. The van der Waals surface area contributed by atoms with E-state index < -0.39 is 5.91 Å². The Morgan fingerprint density at radius 3 is 2.60 bits per heavy atom. The molecule has 0 aliphatic carbocycles. The first-order valence-corrected chi connectivity index (χ1v) is 6.71. The molecule has 0 aromatic carbocycles. The Kier molecular flexibility index (Phi) is 6.24. The van der Waals surface area contributed by atoms with Gasteiger partial charge < -0.3 is 16.0 Å². The van der Waals surface area contributed by atoms with E-state index in [0.717, 1.165) is 0 Å². The third-order valence-electron chi connectivity index (χ3n) is 2.43. The number of carbonyl (C=O) groups excluding carboxylic acids is 2. The Bertz CT molecular complexity index is 491. The van der Waals surface area contributed by atoms with E-state index in [4.69, 9.17) is 11.6 Å². The molecule has 0 unspecified atom stereocenters. The predicted molar refractivity (Wildman–Crippen MR) is 79.0 cm³/mol. The number of amides is 2. The van der Waals surface area contributed by atoms with Crippen molar-refractivity contribution < 1.29 is 9.59 Å². The zero-order valence-corrected chi connectivity index (χ0v) is 12.5. The van der Waals surface area contributed by atoms with Crippen LogP contribution in [0, 0.1) is 5.92 Å². The minimum Gasteiger partial charge on any atom is -0.373 e. The van der Waals surface area contributed by atoms with E-state index in [0.29, 0.717) is 18.3 Å². The summed E-state index contributed by atoms with van der Waals surface area (Å²) in [5.74, 6) is 0.168. The Balaban J connectivity index is 2.56. The van der Waals surface area contributed by atoms with Crippen LogP contribution in [0.2, 0.25) is 5.02 Å². The van der Waals surface area contributed by atoms with Gasteiger partial charge in [-0.2, -0.15) is 0 Å². The second kappa shape index (κ2) is 7.69. The van der Waals surface area contributed by atoms with E-state index >= 15 is 0 Å². The molecule has 7 heteroatoms. The molecule has 3 N–H and O–H groups in total. The van der Waals surface area contributed by atoms with Gasteiger partial charge in [0.15, 0.2) is 0 Å². The molecule has 1 rings (SSSR count). The van der Waals surface area contributed by atoms with Crippen molar-refractivity contribution in [2.24, 2.45) is 5.92 Å². The van der Waals surface area contributed by atoms with Crippen molar-refractivity contribution in [3.63, 3.8) is 0 Å². The highest BCUT2D eigenvalue weighted by Crippen LogP contribution is 2.16. The minimum atomic E-state index is -0.480. The molecular formula is C13H19ClN4O2. The topological polar surface area (TPSA) is 83.1 Å². The number of pyridine rings is 1. The highest BCUT2D eigenvalue weighted by atomic mass is 35.5. The maximum atomic E-state index is 11.9. The highest BCUT2D eigenvalue weighted by Gasteiger charge is 2.14. The first-order valence-electron chi connectivity index (χ1n) is 6.33. The molecule has 1 aromatic heterocycles. The van der Waals surface area contributed by atoms with Gasteiger partial charge in [0, 0.05) is 13.6 Å². The summed E-state index contributed by atoms with van der Waals surface area (Å²) in [6, 6.07) is 3.24. The van der Waals surface area contributed by atoms with Gasteiger partial charge in [0.1, 0.15) is 11.5 Å². The molecule has 20 heavy (non-hydrogen) atoms. The number of carbonyl (C=O) groups is 2. The quantitative estimate of drug-likeness (QED) is 0.739. The van der Waals surface area contributed by atoms with Crippen molar-refractivity contribution in [3.05, 3.63) is 22.8 Å². The largest absolute Gasteiger partial charge is 0.373 e. The lowest BCUT2D eigenvalue weighted by Crippen LogP contribution is -2.38. The van der Waals surface area contributed by atoms with Crippen LogP contribution >= 0.6 is 11.6 Å². The van der Waals surface area contributed by atoms with Crippen LogP contribution in [0.15, 0.2) is 12.1 Å². The van der Waals surface area contributed by atoms with E-state index in [2.05, 4.69) is 20.9 Å². The van der Waals surface area contributed by atoms with Gasteiger partial charge in [-0.05, 0) is 18.1 Å². The summed E-state index contributed by atoms with van der Waals surface area (Å²) >= 11 is 5.91. The van der Waals surface area contributed by atoms with Gasteiger partial charge in [0.05, 0.1) is 11.6 Å². The molecule has 0 spiro atoms. The molecule has 0 bridgehead atoms. The second-order valence-corrected chi connectivity index (χ2v) is 5.06. The second-order valence-electron chi connectivity index (χ2n) is 4.66. The van der Waals surface area contributed by atoms with Crippen molar-refractivity contribution in [1.29, 1.82) is 0 Å². The lowest BCUT2D eigenvalue weighted by molar-refractivity contribution is -0.120. The molecule has 1 aromatic rings. The zero-order chi connectivity index (χ0) is 15.1. The van der Waals surface area contributed by atoms with Gasteiger partial charge in [0.25, 0.3) is 5.91 Å². The van der Waals surface area contributed by atoms with E-state index in [9.17, 15) is 9.59 Å². The summed E-state index contributed by atoms with van der Waals surface area (Å²) in [5, 5.41) is 8.25. The molecule has 0 atom stereocenters. The molecule has 1 heterocycles. The van der Waals surface area contributed by atoms with Crippen LogP contribution in [0.5, 0.6) is 0 Å². The Hall–Kier alpha value is -1.82. The Morgan fingerprint density at radius 2 is 2.00 bits per heavy atom. The van der Waals surface area contributed by atoms with E-state index in [1.165, 1.54) is 0 Å². The van der Waals surface area contributed by atoms with Crippen LogP contribution in [0.3, 0.4) is 0 Å². The van der Waals surface area contributed by atoms with Gasteiger partial charge in [-0.1, -0.05) is 25.4 Å². The molecule has 0 aliphatic rings. The number of hydrogen-bond acceptors (Lipinski definition) is 4. The van der Waals surface area contributed by atoms with Crippen molar-refractivity contribution in [2.45, 2.75) is 13.8 Å². The molecular weight excluding hydrogens is 280 g/mol. The molecule has 0 radical (unpaired) electrons. The van der Waals surface area contributed by atoms with Gasteiger partial charge in [-0.15, -0.1) is 0 Å². The van der Waals surface area contributed by atoms with Gasteiger partial charge in [0.2, 0.25) is 5.91 Å². The van der Waals surface area contributed by atoms with Crippen molar-refractivity contribution in [3.8, 4) is 0 Å². The predicted octanol–water partition coefficient (Wildman–Crippen LogP) is 1.28. The molecule has 6 nitrogen and oxygen atoms in total. The van der Waals surface area contributed by atoms with Crippen LogP contribution in [0.25, 0.3) is 0 Å². The van der Waals surface area contributed by atoms with Crippen molar-refractivity contribution in [2.75, 3.05) is 25.5 Å². The number of nitrogens with one attached hydrogen (secondary N) is 3. The zero-order valence-electron chi connectivity index (χ0n) is 11.8. The van der Waals surface area contributed by atoms with Crippen molar-refractivity contribution >= 4 is 29.2 Å². The molecule has 0 aliphatic heterocycles. The maximum absolute atomic E-state index is 11.9.